The number of nitrogens with zero attached hydrogens (tertiary/aromatic N) is 3. The molecule has 0 amide bonds. The number of aromatic nitrogens is 3. The Labute approximate surface area is 113 Å². The maximum Gasteiger partial charge on any atom is 0.0692 e. The van der Waals surface area contributed by atoms with Gasteiger partial charge < -0.3 is 5.32 Å². The molecule has 1 heterocycles. The van der Waals surface area contributed by atoms with E-state index < -0.39 is 0 Å². The van der Waals surface area contributed by atoms with Gasteiger partial charge >= 0.3 is 0 Å². The minimum atomic E-state index is 0.490. The molecule has 1 aromatic carbocycles. The van der Waals surface area contributed by atoms with E-state index >= 15 is 0 Å². The van der Waals surface area contributed by atoms with Gasteiger partial charge in [0.15, 0.2) is 0 Å². The Balaban J connectivity index is 1.60. The van der Waals surface area contributed by atoms with E-state index in [-0.39, 0.29) is 0 Å². The summed E-state index contributed by atoms with van der Waals surface area (Å²) in [7, 11) is 0. The fourth-order valence-corrected chi connectivity index (χ4v) is 2.45. The van der Waals surface area contributed by atoms with E-state index in [1.807, 2.05) is 10.9 Å². The molecule has 1 aliphatic rings. The summed E-state index contributed by atoms with van der Waals surface area (Å²) in [5, 5.41) is 11.5. The molecule has 1 fully saturated rings. The largest absolute Gasteiger partial charge is 0.308 e. The summed E-state index contributed by atoms with van der Waals surface area (Å²) in [5.74, 6) is 0.804. The molecule has 1 unspecified atom stereocenters. The predicted molar refractivity (Wildman–Crippen MR) is 74.7 cm³/mol. The second kappa shape index (κ2) is 5.53. The number of hydrogen-bond acceptors (Lipinski definition) is 3. The van der Waals surface area contributed by atoms with Crippen LogP contribution in [0.15, 0.2) is 36.7 Å². The standard InChI is InChI=1S/C15H20N4/c1-12-2-4-13(5-3-12)15(14-6-7-14)16-8-10-19-11-9-17-18-19/h2-5,9,11,14-16H,6-8,10H2,1H3. The normalized spacial score (nSPS) is 16.5. The molecule has 1 aliphatic carbocycles. The lowest BCUT2D eigenvalue weighted by Gasteiger charge is -2.19. The summed E-state index contributed by atoms with van der Waals surface area (Å²) in [4.78, 5) is 0. The highest BCUT2D eigenvalue weighted by atomic mass is 15.4. The summed E-state index contributed by atoms with van der Waals surface area (Å²) >= 11 is 0. The van der Waals surface area contributed by atoms with Crippen molar-refractivity contribution < 1.29 is 0 Å². The van der Waals surface area contributed by atoms with Crippen molar-refractivity contribution in [3.63, 3.8) is 0 Å². The van der Waals surface area contributed by atoms with E-state index in [2.05, 4.69) is 46.8 Å². The van der Waals surface area contributed by atoms with Crippen LogP contribution in [-0.2, 0) is 6.54 Å². The van der Waals surface area contributed by atoms with Gasteiger partial charge in [0.25, 0.3) is 0 Å². The zero-order chi connectivity index (χ0) is 13.1. The van der Waals surface area contributed by atoms with Crippen molar-refractivity contribution in [1.82, 2.24) is 20.3 Å². The summed E-state index contributed by atoms with van der Waals surface area (Å²) < 4.78 is 1.87. The van der Waals surface area contributed by atoms with Gasteiger partial charge in [0.05, 0.1) is 12.7 Å². The van der Waals surface area contributed by atoms with Crippen LogP contribution in [-0.4, -0.2) is 21.5 Å². The fourth-order valence-electron chi connectivity index (χ4n) is 2.45. The smallest absolute Gasteiger partial charge is 0.0692 e. The zero-order valence-electron chi connectivity index (χ0n) is 11.3. The second-order valence-electron chi connectivity index (χ2n) is 5.35. The molecule has 4 nitrogen and oxygen atoms in total. The van der Waals surface area contributed by atoms with E-state index in [9.17, 15) is 0 Å². The van der Waals surface area contributed by atoms with Gasteiger partial charge in [-0.25, -0.2) is 0 Å². The van der Waals surface area contributed by atoms with E-state index in [0.717, 1.165) is 19.0 Å². The topological polar surface area (TPSA) is 42.7 Å². The third-order valence-corrected chi connectivity index (χ3v) is 3.71. The highest BCUT2D eigenvalue weighted by molar-refractivity contribution is 5.25. The van der Waals surface area contributed by atoms with Crippen LogP contribution < -0.4 is 5.32 Å². The summed E-state index contributed by atoms with van der Waals surface area (Å²) in [6, 6.07) is 9.39. The fraction of sp³-hybridized carbons (Fsp3) is 0.467. The third-order valence-electron chi connectivity index (χ3n) is 3.71. The van der Waals surface area contributed by atoms with Gasteiger partial charge in [-0.05, 0) is 31.2 Å². The van der Waals surface area contributed by atoms with Crippen LogP contribution in [0, 0.1) is 12.8 Å². The molecule has 0 radical (unpaired) electrons. The average molecular weight is 256 g/mol. The van der Waals surface area contributed by atoms with Gasteiger partial charge in [-0.15, -0.1) is 5.10 Å². The Morgan fingerprint density at radius 1 is 1.32 bits per heavy atom. The Morgan fingerprint density at radius 3 is 2.74 bits per heavy atom. The van der Waals surface area contributed by atoms with E-state index in [1.165, 1.54) is 24.0 Å². The van der Waals surface area contributed by atoms with Gasteiger partial charge in [-0.3, -0.25) is 4.68 Å². The van der Waals surface area contributed by atoms with Gasteiger partial charge in [0.2, 0.25) is 0 Å². The Kier molecular flexibility index (Phi) is 3.60. The lowest BCUT2D eigenvalue weighted by molar-refractivity contribution is 0.447. The van der Waals surface area contributed by atoms with Crippen LogP contribution in [0.4, 0.5) is 0 Å². The van der Waals surface area contributed by atoms with Crippen LogP contribution in [0.5, 0.6) is 0 Å². The molecule has 3 rings (SSSR count). The van der Waals surface area contributed by atoms with Crippen LogP contribution in [0.3, 0.4) is 0 Å². The number of nitrogens with one attached hydrogen (secondary N) is 1. The van der Waals surface area contributed by atoms with Crippen molar-refractivity contribution in [2.24, 2.45) is 5.92 Å². The number of benzene rings is 1. The first-order valence-electron chi connectivity index (χ1n) is 6.97. The Morgan fingerprint density at radius 2 is 2.11 bits per heavy atom. The first-order valence-corrected chi connectivity index (χ1v) is 6.97. The maximum absolute atomic E-state index is 3.98. The lowest BCUT2D eigenvalue weighted by Crippen LogP contribution is -2.27. The molecule has 19 heavy (non-hydrogen) atoms. The maximum atomic E-state index is 3.98. The molecule has 1 saturated carbocycles. The second-order valence-corrected chi connectivity index (χ2v) is 5.35. The number of rotatable bonds is 6. The van der Waals surface area contributed by atoms with E-state index in [0.29, 0.717) is 6.04 Å². The molecular formula is C15H20N4. The van der Waals surface area contributed by atoms with Crippen LogP contribution >= 0.6 is 0 Å². The predicted octanol–water partition coefficient (Wildman–Crippen LogP) is 2.33. The highest BCUT2D eigenvalue weighted by Gasteiger charge is 2.31. The van der Waals surface area contributed by atoms with E-state index in [1.54, 1.807) is 6.20 Å². The Hall–Kier alpha value is -1.68. The van der Waals surface area contributed by atoms with Gasteiger partial charge in [0.1, 0.15) is 0 Å². The van der Waals surface area contributed by atoms with Crippen LogP contribution in [0.1, 0.15) is 30.0 Å². The van der Waals surface area contributed by atoms with Crippen LogP contribution in [0.2, 0.25) is 0 Å². The molecule has 0 spiro atoms. The lowest BCUT2D eigenvalue weighted by atomic mass is 10.0. The third kappa shape index (κ3) is 3.20. The quantitative estimate of drug-likeness (QED) is 0.862. The minimum absolute atomic E-state index is 0.490. The SMILES string of the molecule is Cc1ccc(C(NCCn2ccnn2)C2CC2)cc1. The average Bonchev–Trinajstić information content (AvgIpc) is 3.13. The van der Waals surface area contributed by atoms with Crippen molar-refractivity contribution in [2.75, 3.05) is 6.54 Å². The Bertz CT molecular complexity index is 499. The molecular weight excluding hydrogens is 236 g/mol. The molecule has 2 aromatic rings. The summed E-state index contributed by atoms with van der Waals surface area (Å²) in [6.07, 6.45) is 6.31. The van der Waals surface area contributed by atoms with Gasteiger partial charge in [0, 0.05) is 18.8 Å². The minimum Gasteiger partial charge on any atom is -0.308 e. The molecule has 1 N–H and O–H groups in total. The summed E-state index contributed by atoms with van der Waals surface area (Å²) in [6.45, 7) is 3.93. The molecule has 100 valence electrons. The first-order chi connectivity index (χ1) is 9.33. The molecule has 1 atom stereocenters. The first kappa shape index (κ1) is 12.4. The number of hydrogen-bond donors (Lipinski definition) is 1. The summed E-state index contributed by atoms with van der Waals surface area (Å²) in [5.41, 5.74) is 2.73. The van der Waals surface area contributed by atoms with Crippen molar-refractivity contribution in [3.8, 4) is 0 Å². The van der Waals surface area contributed by atoms with Crippen molar-refractivity contribution in [3.05, 3.63) is 47.8 Å². The molecule has 0 bridgehead atoms. The zero-order valence-corrected chi connectivity index (χ0v) is 11.3. The van der Waals surface area contributed by atoms with Crippen molar-refractivity contribution in [1.29, 1.82) is 0 Å². The number of aryl methyl sites for hydroxylation is 1. The van der Waals surface area contributed by atoms with Crippen molar-refractivity contribution in [2.45, 2.75) is 32.4 Å². The van der Waals surface area contributed by atoms with Gasteiger partial charge in [-0.2, -0.15) is 0 Å². The highest BCUT2D eigenvalue weighted by Crippen LogP contribution is 2.40. The molecule has 0 saturated heterocycles. The monoisotopic (exact) mass is 256 g/mol. The van der Waals surface area contributed by atoms with Crippen LogP contribution in [0.25, 0.3) is 0 Å². The molecule has 1 aromatic heterocycles. The molecule has 4 heteroatoms. The molecule has 0 aliphatic heterocycles. The van der Waals surface area contributed by atoms with E-state index in [4.69, 9.17) is 0 Å². The van der Waals surface area contributed by atoms with Crippen molar-refractivity contribution >= 4 is 0 Å². The van der Waals surface area contributed by atoms with Gasteiger partial charge in [-0.1, -0.05) is 35.0 Å².